The minimum atomic E-state index is -4.47. The van der Waals surface area contributed by atoms with E-state index in [0.717, 1.165) is 12.1 Å². The van der Waals surface area contributed by atoms with Crippen LogP contribution in [-0.2, 0) is 6.18 Å². The fourth-order valence-corrected chi connectivity index (χ4v) is 3.00. The summed E-state index contributed by atoms with van der Waals surface area (Å²) in [4.78, 5) is 29.0. The Morgan fingerprint density at radius 1 is 1.36 bits per heavy atom. The number of benzene rings is 1. The number of alkyl halides is 3. The lowest BCUT2D eigenvalue weighted by molar-refractivity contribution is -0.137. The number of nitrogens with one attached hydrogen (secondary N) is 1. The van der Waals surface area contributed by atoms with Gasteiger partial charge >= 0.3 is 6.18 Å². The number of amides is 1. The van der Waals surface area contributed by atoms with Crippen LogP contribution in [0.5, 0.6) is 0 Å². The van der Waals surface area contributed by atoms with E-state index in [0.29, 0.717) is 4.96 Å². The molecule has 1 atom stereocenters. The summed E-state index contributed by atoms with van der Waals surface area (Å²) >= 11 is 1.25. The average molecular weight is 367 g/mol. The minimum Gasteiger partial charge on any atom is -0.345 e. The van der Waals surface area contributed by atoms with Gasteiger partial charge in [-0.3, -0.25) is 14.0 Å². The van der Waals surface area contributed by atoms with Gasteiger partial charge in [0.2, 0.25) is 0 Å². The molecule has 0 radical (unpaired) electrons. The van der Waals surface area contributed by atoms with Gasteiger partial charge in [0.15, 0.2) is 4.96 Å². The molecule has 0 aliphatic carbocycles. The van der Waals surface area contributed by atoms with Crippen molar-refractivity contribution in [3.8, 4) is 0 Å². The molecule has 3 aromatic rings. The monoisotopic (exact) mass is 367 g/mol. The highest BCUT2D eigenvalue weighted by molar-refractivity contribution is 7.15. The molecule has 0 aliphatic heterocycles. The predicted octanol–water partition coefficient (Wildman–Crippen LogP) is 3.27. The first-order valence-corrected chi connectivity index (χ1v) is 8.08. The van der Waals surface area contributed by atoms with E-state index in [9.17, 15) is 22.8 Å². The highest BCUT2D eigenvalue weighted by Gasteiger charge is 2.30. The van der Waals surface area contributed by atoms with Crippen molar-refractivity contribution in [2.24, 2.45) is 0 Å². The van der Waals surface area contributed by atoms with Crippen LogP contribution < -0.4 is 10.9 Å². The first kappa shape index (κ1) is 17.2. The van der Waals surface area contributed by atoms with Gasteiger partial charge in [0.25, 0.3) is 11.5 Å². The Balaban J connectivity index is 1.85. The number of fused-ring (bicyclic) bond motifs is 1. The van der Waals surface area contributed by atoms with Crippen LogP contribution >= 0.6 is 11.3 Å². The zero-order valence-corrected chi connectivity index (χ0v) is 13.7. The normalized spacial score (nSPS) is 13.0. The molecule has 130 valence electrons. The zero-order chi connectivity index (χ0) is 18.2. The number of carbonyl (C=O) groups excluding carboxylic acids is 1. The fourth-order valence-electron chi connectivity index (χ4n) is 2.32. The molecule has 0 saturated heterocycles. The number of thiazole rings is 1. The summed E-state index contributed by atoms with van der Waals surface area (Å²) in [6.07, 6.45) is -1.79. The lowest BCUT2D eigenvalue weighted by Gasteiger charge is -2.16. The molecule has 3 rings (SSSR count). The van der Waals surface area contributed by atoms with E-state index in [1.807, 2.05) is 0 Å². The molecule has 0 aliphatic rings. The van der Waals surface area contributed by atoms with Crippen molar-refractivity contribution in [3.05, 3.63) is 69.1 Å². The molecule has 1 unspecified atom stereocenters. The Kier molecular flexibility index (Phi) is 4.34. The van der Waals surface area contributed by atoms with Crippen molar-refractivity contribution in [2.75, 3.05) is 0 Å². The Morgan fingerprint density at radius 2 is 2.12 bits per heavy atom. The van der Waals surface area contributed by atoms with Crippen LogP contribution in [0, 0.1) is 0 Å². The number of carbonyl (C=O) groups is 1. The average Bonchev–Trinajstić information content (AvgIpc) is 3.04. The third-order valence-corrected chi connectivity index (χ3v) is 4.42. The van der Waals surface area contributed by atoms with Gasteiger partial charge in [-0.1, -0.05) is 12.1 Å². The molecule has 1 aromatic carbocycles. The second kappa shape index (κ2) is 6.32. The molecule has 1 N–H and O–H groups in total. The van der Waals surface area contributed by atoms with Gasteiger partial charge in [0.05, 0.1) is 11.6 Å². The summed E-state index contributed by atoms with van der Waals surface area (Å²) in [7, 11) is 0. The molecule has 1 amide bonds. The lowest BCUT2D eigenvalue weighted by Crippen LogP contribution is -2.33. The maximum absolute atomic E-state index is 12.8. The number of halogens is 3. The largest absolute Gasteiger partial charge is 0.416 e. The minimum absolute atomic E-state index is 0.172. The SMILES string of the molecule is CC(NC(=O)c1cnc2sccn2c1=O)c1cccc(C(F)(F)F)c1. The second-order valence-corrected chi connectivity index (χ2v) is 6.22. The van der Waals surface area contributed by atoms with Gasteiger partial charge in [-0.05, 0) is 24.6 Å². The van der Waals surface area contributed by atoms with E-state index in [1.165, 1.54) is 40.3 Å². The smallest absolute Gasteiger partial charge is 0.345 e. The van der Waals surface area contributed by atoms with Gasteiger partial charge in [0.1, 0.15) is 5.56 Å². The summed E-state index contributed by atoms with van der Waals surface area (Å²) < 4.78 is 39.6. The lowest BCUT2D eigenvalue weighted by atomic mass is 10.0. The van der Waals surface area contributed by atoms with Crippen molar-refractivity contribution < 1.29 is 18.0 Å². The van der Waals surface area contributed by atoms with Crippen LogP contribution in [0.4, 0.5) is 13.2 Å². The van der Waals surface area contributed by atoms with E-state index in [-0.39, 0.29) is 11.1 Å². The van der Waals surface area contributed by atoms with E-state index in [1.54, 1.807) is 12.3 Å². The maximum atomic E-state index is 12.8. The number of hydrogen-bond acceptors (Lipinski definition) is 4. The van der Waals surface area contributed by atoms with E-state index < -0.39 is 29.2 Å². The third-order valence-electron chi connectivity index (χ3n) is 3.65. The molecule has 0 spiro atoms. The van der Waals surface area contributed by atoms with Crippen LogP contribution in [-0.4, -0.2) is 15.3 Å². The van der Waals surface area contributed by atoms with Crippen molar-refractivity contribution >= 4 is 22.2 Å². The first-order valence-electron chi connectivity index (χ1n) is 7.20. The summed E-state index contributed by atoms with van der Waals surface area (Å²) in [5.74, 6) is -0.692. The Labute approximate surface area is 143 Å². The highest BCUT2D eigenvalue weighted by Crippen LogP contribution is 2.30. The van der Waals surface area contributed by atoms with Gasteiger partial charge in [-0.25, -0.2) is 4.98 Å². The quantitative estimate of drug-likeness (QED) is 0.773. The Bertz CT molecular complexity index is 994. The molecule has 9 heteroatoms. The molecule has 2 heterocycles. The van der Waals surface area contributed by atoms with E-state index >= 15 is 0 Å². The number of nitrogens with zero attached hydrogens (tertiary/aromatic N) is 2. The molecule has 0 fully saturated rings. The maximum Gasteiger partial charge on any atom is 0.416 e. The van der Waals surface area contributed by atoms with Gasteiger partial charge in [-0.2, -0.15) is 13.2 Å². The van der Waals surface area contributed by atoms with Crippen LogP contribution in [0.25, 0.3) is 4.96 Å². The van der Waals surface area contributed by atoms with Gasteiger partial charge < -0.3 is 5.32 Å². The van der Waals surface area contributed by atoms with Crippen LogP contribution in [0.2, 0.25) is 0 Å². The number of hydrogen-bond donors (Lipinski definition) is 1. The fraction of sp³-hybridized carbons (Fsp3) is 0.188. The first-order chi connectivity index (χ1) is 11.8. The van der Waals surface area contributed by atoms with E-state index in [4.69, 9.17) is 0 Å². The molecular formula is C16H12F3N3O2S. The summed E-state index contributed by atoms with van der Waals surface area (Å²) in [5, 5.41) is 4.20. The van der Waals surface area contributed by atoms with Crippen molar-refractivity contribution in [2.45, 2.75) is 19.1 Å². The predicted molar refractivity (Wildman–Crippen MR) is 86.7 cm³/mol. The Hall–Kier alpha value is -2.68. The van der Waals surface area contributed by atoms with Crippen LogP contribution in [0.1, 0.15) is 34.5 Å². The van der Waals surface area contributed by atoms with Gasteiger partial charge in [0, 0.05) is 17.8 Å². The van der Waals surface area contributed by atoms with Crippen molar-refractivity contribution in [1.29, 1.82) is 0 Å². The van der Waals surface area contributed by atoms with Gasteiger partial charge in [-0.15, -0.1) is 11.3 Å². The zero-order valence-electron chi connectivity index (χ0n) is 12.9. The van der Waals surface area contributed by atoms with Crippen LogP contribution in [0.15, 0.2) is 46.8 Å². The standard InChI is InChI=1S/C16H12F3N3O2S/c1-9(10-3-2-4-11(7-10)16(17,18)19)21-13(23)12-8-20-15-22(14(12)24)5-6-25-15/h2-9H,1H3,(H,21,23). The molecular weight excluding hydrogens is 355 g/mol. The molecule has 25 heavy (non-hydrogen) atoms. The second-order valence-electron chi connectivity index (χ2n) is 5.35. The highest BCUT2D eigenvalue weighted by atomic mass is 32.1. The van der Waals surface area contributed by atoms with Crippen molar-refractivity contribution in [3.63, 3.8) is 0 Å². The topological polar surface area (TPSA) is 63.5 Å². The summed E-state index contributed by atoms with van der Waals surface area (Å²) in [5.41, 5.74) is -1.21. The van der Waals surface area contributed by atoms with Crippen LogP contribution in [0.3, 0.4) is 0 Å². The molecule has 2 aromatic heterocycles. The summed E-state index contributed by atoms with van der Waals surface area (Å²) in [6.45, 7) is 1.54. The Morgan fingerprint density at radius 3 is 2.84 bits per heavy atom. The molecule has 0 bridgehead atoms. The van der Waals surface area contributed by atoms with E-state index in [2.05, 4.69) is 10.3 Å². The molecule has 5 nitrogen and oxygen atoms in total. The number of aromatic nitrogens is 2. The molecule has 0 saturated carbocycles. The third kappa shape index (κ3) is 3.41. The number of rotatable bonds is 3. The summed E-state index contributed by atoms with van der Waals surface area (Å²) in [6, 6.07) is 3.97. The van der Waals surface area contributed by atoms with Crippen molar-refractivity contribution in [1.82, 2.24) is 14.7 Å².